The molecule has 4 aromatic rings. The van der Waals surface area contributed by atoms with Gasteiger partial charge in [0, 0.05) is 12.1 Å². The Labute approximate surface area is 171 Å². The SMILES string of the molecule is CCC(C(=O)Nc1ccc(CCc2nc3ccccc3[nH]2)cc1)c1ccccc1. The molecule has 0 spiro atoms. The Bertz CT molecular complexity index is 1050. The number of amides is 1. The van der Waals surface area contributed by atoms with Gasteiger partial charge in [-0.05, 0) is 48.2 Å². The fraction of sp³-hybridized carbons (Fsp3) is 0.200. The zero-order chi connectivity index (χ0) is 20.1. The summed E-state index contributed by atoms with van der Waals surface area (Å²) in [7, 11) is 0. The Hall–Kier alpha value is -3.40. The van der Waals surface area contributed by atoms with Crippen LogP contribution in [-0.2, 0) is 17.6 Å². The van der Waals surface area contributed by atoms with Crippen molar-refractivity contribution in [1.29, 1.82) is 0 Å². The van der Waals surface area contributed by atoms with Crippen molar-refractivity contribution in [3.05, 3.63) is 95.8 Å². The number of H-pyrrole nitrogens is 1. The van der Waals surface area contributed by atoms with Crippen LogP contribution >= 0.6 is 0 Å². The van der Waals surface area contributed by atoms with Gasteiger partial charge >= 0.3 is 0 Å². The second kappa shape index (κ2) is 8.74. The van der Waals surface area contributed by atoms with Crippen LogP contribution in [0.25, 0.3) is 11.0 Å². The van der Waals surface area contributed by atoms with Crippen molar-refractivity contribution in [2.45, 2.75) is 32.1 Å². The van der Waals surface area contributed by atoms with Gasteiger partial charge in [0.15, 0.2) is 0 Å². The van der Waals surface area contributed by atoms with Crippen molar-refractivity contribution >= 4 is 22.6 Å². The Morgan fingerprint density at radius 1 is 0.931 bits per heavy atom. The van der Waals surface area contributed by atoms with E-state index in [1.165, 1.54) is 5.56 Å². The van der Waals surface area contributed by atoms with Crippen LogP contribution in [0.4, 0.5) is 5.69 Å². The average Bonchev–Trinajstić information content (AvgIpc) is 3.18. The minimum atomic E-state index is -0.135. The molecule has 0 saturated heterocycles. The lowest BCUT2D eigenvalue weighted by Gasteiger charge is -2.15. The van der Waals surface area contributed by atoms with Gasteiger partial charge < -0.3 is 10.3 Å². The fourth-order valence-electron chi connectivity index (χ4n) is 3.63. The van der Waals surface area contributed by atoms with Crippen molar-refractivity contribution in [2.75, 3.05) is 5.32 Å². The van der Waals surface area contributed by atoms with E-state index in [0.717, 1.165) is 47.4 Å². The normalized spacial score (nSPS) is 12.0. The van der Waals surface area contributed by atoms with Crippen LogP contribution in [0.5, 0.6) is 0 Å². The zero-order valence-electron chi connectivity index (χ0n) is 16.6. The molecule has 1 amide bonds. The number of rotatable bonds is 7. The number of aromatic nitrogens is 2. The van der Waals surface area contributed by atoms with Gasteiger partial charge in [0.25, 0.3) is 0 Å². The van der Waals surface area contributed by atoms with E-state index in [1.54, 1.807) is 0 Å². The number of anilines is 1. The van der Waals surface area contributed by atoms with Crippen LogP contribution in [-0.4, -0.2) is 15.9 Å². The summed E-state index contributed by atoms with van der Waals surface area (Å²) in [4.78, 5) is 20.7. The first-order chi connectivity index (χ1) is 14.2. The second-order valence-electron chi connectivity index (χ2n) is 7.26. The monoisotopic (exact) mass is 383 g/mol. The lowest BCUT2D eigenvalue weighted by Crippen LogP contribution is -2.20. The largest absolute Gasteiger partial charge is 0.342 e. The van der Waals surface area contributed by atoms with E-state index in [0.29, 0.717) is 0 Å². The predicted octanol–water partition coefficient (Wildman–Crippen LogP) is 5.48. The topological polar surface area (TPSA) is 57.8 Å². The van der Waals surface area contributed by atoms with Gasteiger partial charge in [-0.15, -0.1) is 0 Å². The van der Waals surface area contributed by atoms with Crippen molar-refractivity contribution in [2.24, 2.45) is 0 Å². The highest BCUT2D eigenvalue weighted by molar-refractivity contribution is 5.95. The van der Waals surface area contributed by atoms with Gasteiger partial charge in [-0.2, -0.15) is 0 Å². The molecule has 29 heavy (non-hydrogen) atoms. The number of aromatic amines is 1. The molecule has 1 unspecified atom stereocenters. The molecule has 0 radical (unpaired) electrons. The summed E-state index contributed by atoms with van der Waals surface area (Å²) in [6.45, 7) is 2.04. The standard InChI is InChI=1S/C25H25N3O/c1-2-21(19-8-4-3-5-9-19)25(29)26-20-15-12-18(13-16-20)14-17-24-27-22-10-6-7-11-23(22)28-24/h3-13,15-16,21H,2,14,17H2,1H3,(H,26,29)(H,27,28). The predicted molar refractivity (Wildman–Crippen MR) is 118 cm³/mol. The maximum absolute atomic E-state index is 12.7. The maximum atomic E-state index is 12.7. The molecule has 0 saturated carbocycles. The molecule has 1 heterocycles. The number of nitrogens with zero attached hydrogens (tertiary/aromatic N) is 1. The van der Waals surface area contributed by atoms with Gasteiger partial charge in [0.1, 0.15) is 5.82 Å². The molecule has 4 heteroatoms. The molecule has 2 N–H and O–H groups in total. The van der Waals surface area contributed by atoms with E-state index in [2.05, 4.69) is 27.4 Å². The summed E-state index contributed by atoms with van der Waals surface area (Å²) in [6.07, 6.45) is 2.52. The number of hydrogen-bond donors (Lipinski definition) is 2. The van der Waals surface area contributed by atoms with Crippen molar-refractivity contribution in [1.82, 2.24) is 9.97 Å². The number of para-hydroxylation sites is 2. The third kappa shape index (κ3) is 4.54. The molecule has 0 aliphatic carbocycles. The third-order valence-electron chi connectivity index (χ3n) is 5.24. The summed E-state index contributed by atoms with van der Waals surface area (Å²) in [5.41, 5.74) is 5.18. The van der Waals surface area contributed by atoms with E-state index >= 15 is 0 Å². The summed E-state index contributed by atoms with van der Waals surface area (Å²) in [6, 6.07) is 26.1. The van der Waals surface area contributed by atoms with E-state index in [4.69, 9.17) is 0 Å². The number of hydrogen-bond acceptors (Lipinski definition) is 2. The first-order valence-electron chi connectivity index (χ1n) is 10.1. The summed E-state index contributed by atoms with van der Waals surface area (Å²) >= 11 is 0. The van der Waals surface area contributed by atoms with Gasteiger partial charge in [-0.1, -0.05) is 61.5 Å². The molecule has 0 aliphatic heterocycles. The number of carbonyl (C=O) groups is 1. The Morgan fingerprint density at radius 3 is 2.38 bits per heavy atom. The average molecular weight is 383 g/mol. The summed E-state index contributed by atoms with van der Waals surface area (Å²) in [5, 5.41) is 3.05. The fourth-order valence-corrected chi connectivity index (χ4v) is 3.63. The minimum absolute atomic E-state index is 0.0359. The zero-order valence-corrected chi connectivity index (χ0v) is 16.6. The Kier molecular flexibility index (Phi) is 5.71. The first kappa shape index (κ1) is 18.9. The summed E-state index contributed by atoms with van der Waals surface area (Å²) in [5.74, 6) is 0.898. The highest BCUT2D eigenvalue weighted by Crippen LogP contribution is 2.22. The smallest absolute Gasteiger partial charge is 0.231 e. The minimum Gasteiger partial charge on any atom is -0.342 e. The number of carbonyl (C=O) groups excluding carboxylic acids is 1. The number of imidazole rings is 1. The molecule has 1 atom stereocenters. The molecule has 0 fully saturated rings. The molecule has 4 rings (SSSR count). The molecule has 3 aromatic carbocycles. The van der Waals surface area contributed by atoms with Crippen LogP contribution in [0.2, 0.25) is 0 Å². The van der Waals surface area contributed by atoms with Crippen LogP contribution in [0.3, 0.4) is 0 Å². The Morgan fingerprint density at radius 2 is 1.66 bits per heavy atom. The quantitative estimate of drug-likeness (QED) is 0.444. The van der Waals surface area contributed by atoms with Gasteiger partial charge in [0.05, 0.1) is 17.0 Å². The summed E-state index contributed by atoms with van der Waals surface area (Å²) < 4.78 is 0. The van der Waals surface area contributed by atoms with Crippen molar-refractivity contribution in [3.63, 3.8) is 0 Å². The highest BCUT2D eigenvalue weighted by atomic mass is 16.1. The van der Waals surface area contributed by atoms with E-state index in [1.807, 2.05) is 73.7 Å². The molecule has 1 aromatic heterocycles. The van der Waals surface area contributed by atoms with Gasteiger partial charge in [-0.3, -0.25) is 4.79 Å². The van der Waals surface area contributed by atoms with Crippen LogP contribution in [0.1, 0.15) is 36.2 Å². The lowest BCUT2D eigenvalue weighted by atomic mass is 9.95. The van der Waals surface area contributed by atoms with Crippen LogP contribution in [0, 0.1) is 0 Å². The molecule has 0 aliphatic rings. The molecule has 0 bridgehead atoms. The number of fused-ring (bicyclic) bond motifs is 1. The second-order valence-corrected chi connectivity index (χ2v) is 7.26. The molecule has 146 valence electrons. The molecular weight excluding hydrogens is 358 g/mol. The van der Waals surface area contributed by atoms with E-state index < -0.39 is 0 Å². The van der Waals surface area contributed by atoms with Crippen LogP contribution < -0.4 is 5.32 Å². The van der Waals surface area contributed by atoms with Gasteiger partial charge in [0.2, 0.25) is 5.91 Å². The molecular formula is C25H25N3O. The molecule has 4 nitrogen and oxygen atoms in total. The van der Waals surface area contributed by atoms with Gasteiger partial charge in [-0.25, -0.2) is 4.98 Å². The number of aryl methyl sites for hydroxylation is 2. The van der Waals surface area contributed by atoms with Crippen molar-refractivity contribution in [3.8, 4) is 0 Å². The first-order valence-corrected chi connectivity index (χ1v) is 10.1. The van der Waals surface area contributed by atoms with E-state index in [9.17, 15) is 4.79 Å². The number of benzene rings is 3. The maximum Gasteiger partial charge on any atom is 0.231 e. The van der Waals surface area contributed by atoms with Crippen molar-refractivity contribution < 1.29 is 4.79 Å². The highest BCUT2D eigenvalue weighted by Gasteiger charge is 2.18. The Balaban J connectivity index is 1.36. The van der Waals surface area contributed by atoms with Crippen LogP contribution in [0.15, 0.2) is 78.9 Å². The lowest BCUT2D eigenvalue weighted by molar-refractivity contribution is -0.117. The van der Waals surface area contributed by atoms with E-state index in [-0.39, 0.29) is 11.8 Å². The number of nitrogens with one attached hydrogen (secondary N) is 2. The third-order valence-corrected chi connectivity index (χ3v) is 5.24.